The highest BCUT2D eigenvalue weighted by molar-refractivity contribution is 5.94. The molecule has 7 heteroatoms. The van der Waals surface area contributed by atoms with Gasteiger partial charge in [-0.25, -0.2) is 9.97 Å². The fraction of sp³-hybridized carbons (Fsp3) is 0.625. The fourth-order valence-electron chi connectivity index (χ4n) is 3.36. The van der Waals surface area contributed by atoms with E-state index in [2.05, 4.69) is 20.8 Å². The fourth-order valence-corrected chi connectivity index (χ4v) is 3.36. The number of aromatic nitrogens is 2. The molecule has 4 rings (SSSR count). The van der Waals surface area contributed by atoms with Crippen LogP contribution < -0.4 is 10.9 Å². The van der Waals surface area contributed by atoms with Crippen LogP contribution in [0.25, 0.3) is 0 Å². The van der Waals surface area contributed by atoms with Crippen LogP contribution in [0, 0.1) is 11.3 Å². The van der Waals surface area contributed by atoms with Gasteiger partial charge in [0.25, 0.3) is 5.91 Å². The van der Waals surface area contributed by atoms with Crippen molar-refractivity contribution in [3.8, 4) is 0 Å². The first-order chi connectivity index (χ1) is 11.2. The average molecular weight is 316 g/mol. The summed E-state index contributed by atoms with van der Waals surface area (Å²) in [5.41, 5.74) is 5.40. The number of hydrogen-bond acceptors (Lipinski definition) is 5. The maximum Gasteiger partial charge on any atom is 0.288 e. The first-order valence-electron chi connectivity index (χ1n) is 8.19. The number of carbonyl (C=O) groups excluding carboxylic acids is 2. The van der Waals surface area contributed by atoms with Gasteiger partial charge in [-0.15, -0.1) is 0 Å². The van der Waals surface area contributed by atoms with Crippen LogP contribution in [0.15, 0.2) is 12.3 Å². The highest BCUT2D eigenvalue weighted by Gasteiger charge is 2.58. The van der Waals surface area contributed by atoms with E-state index in [4.69, 9.17) is 4.74 Å². The molecule has 3 aliphatic rings. The summed E-state index contributed by atoms with van der Waals surface area (Å²) in [7, 11) is 0. The predicted molar refractivity (Wildman–Crippen MR) is 80.2 cm³/mol. The van der Waals surface area contributed by atoms with Crippen molar-refractivity contribution >= 4 is 11.8 Å². The molecular formula is C16H20N4O3. The zero-order chi connectivity index (χ0) is 15.9. The van der Waals surface area contributed by atoms with Crippen LogP contribution in [0.3, 0.4) is 0 Å². The second kappa shape index (κ2) is 5.56. The van der Waals surface area contributed by atoms with Crippen molar-refractivity contribution < 1.29 is 14.3 Å². The van der Waals surface area contributed by atoms with E-state index in [1.807, 2.05) is 0 Å². The van der Waals surface area contributed by atoms with Crippen LogP contribution in [0.2, 0.25) is 0 Å². The van der Waals surface area contributed by atoms with Gasteiger partial charge in [-0.3, -0.25) is 20.4 Å². The molecule has 1 aromatic heterocycles. The summed E-state index contributed by atoms with van der Waals surface area (Å²) < 4.78 is 5.35. The van der Waals surface area contributed by atoms with Crippen molar-refractivity contribution in [2.75, 3.05) is 13.2 Å². The Hall–Kier alpha value is -2.02. The normalized spacial score (nSPS) is 25.0. The molecule has 2 N–H and O–H groups in total. The number of nitrogens with zero attached hydrogens (tertiary/aromatic N) is 2. The first kappa shape index (κ1) is 14.6. The Bertz CT molecular complexity index is 638. The highest BCUT2D eigenvalue weighted by Crippen LogP contribution is 2.59. The maximum absolute atomic E-state index is 12.2. The Morgan fingerprint density at radius 2 is 2.00 bits per heavy atom. The van der Waals surface area contributed by atoms with Crippen molar-refractivity contribution in [3.05, 3.63) is 23.8 Å². The molecule has 0 bridgehead atoms. The monoisotopic (exact) mass is 316 g/mol. The van der Waals surface area contributed by atoms with Crippen molar-refractivity contribution in [2.24, 2.45) is 11.3 Å². The molecule has 1 aliphatic heterocycles. The molecule has 1 spiro atoms. The molecule has 3 fully saturated rings. The topological polar surface area (TPSA) is 93.2 Å². The summed E-state index contributed by atoms with van der Waals surface area (Å²) in [6.07, 6.45) is 6.49. The van der Waals surface area contributed by atoms with Crippen LogP contribution in [0.1, 0.15) is 54.3 Å². The van der Waals surface area contributed by atoms with E-state index in [-0.39, 0.29) is 17.2 Å². The molecule has 23 heavy (non-hydrogen) atoms. The lowest BCUT2D eigenvalue weighted by Crippen LogP contribution is -2.43. The molecule has 1 aromatic rings. The molecule has 2 aliphatic carbocycles. The van der Waals surface area contributed by atoms with Crippen LogP contribution in [0.5, 0.6) is 0 Å². The highest BCUT2D eigenvalue weighted by atomic mass is 16.5. The average Bonchev–Trinajstić information content (AvgIpc) is 3.49. The van der Waals surface area contributed by atoms with Gasteiger partial charge in [-0.1, -0.05) is 0 Å². The van der Waals surface area contributed by atoms with E-state index in [9.17, 15) is 9.59 Å². The van der Waals surface area contributed by atoms with Crippen molar-refractivity contribution in [1.82, 2.24) is 20.8 Å². The third kappa shape index (κ3) is 2.93. The summed E-state index contributed by atoms with van der Waals surface area (Å²) in [4.78, 5) is 32.8. The largest absolute Gasteiger partial charge is 0.381 e. The zero-order valence-electron chi connectivity index (χ0n) is 12.9. The molecule has 2 amide bonds. The molecule has 1 unspecified atom stereocenters. The Kier molecular flexibility index (Phi) is 3.52. The molecule has 0 radical (unpaired) electrons. The number of ether oxygens (including phenoxy) is 1. The molecule has 122 valence electrons. The van der Waals surface area contributed by atoms with Gasteiger partial charge in [-0.05, 0) is 43.6 Å². The second-order valence-corrected chi connectivity index (χ2v) is 6.75. The van der Waals surface area contributed by atoms with E-state index in [1.165, 1.54) is 0 Å². The van der Waals surface area contributed by atoms with Crippen LogP contribution in [-0.4, -0.2) is 35.0 Å². The van der Waals surface area contributed by atoms with Crippen LogP contribution in [0.4, 0.5) is 0 Å². The number of hydrogen-bond donors (Lipinski definition) is 2. The van der Waals surface area contributed by atoms with Gasteiger partial charge in [0.15, 0.2) is 0 Å². The third-order valence-corrected chi connectivity index (χ3v) is 5.14. The SMILES string of the molecule is O=C(NNC(=O)C1CC12CCOCC2)c1ccnc(C2CC2)n1. The van der Waals surface area contributed by atoms with E-state index >= 15 is 0 Å². The smallest absolute Gasteiger partial charge is 0.288 e. The molecule has 1 saturated heterocycles. The van der Waals surface area contributed by atoms with Gasteiger partial charge in [0.1, 0.15) is 11.5 Å². The van der Waals surface area contributed by atoms with Crippen molar-refractivity contribution in [3.63, 3.8) is 0 Å². The number of amides is 2. The van der Waals surface area contributed by atoms with E-state index in [0.29, 0.717) is 17.4 Å². The minimum absolute atomic E-state index is 0.0147. The molecule has 2 heterocycles. The van der Waals surface area contributed by atoms with Gasteiger partial charge < -0.3 is 4.74 Å². The molecular weight excluding hydrogens is 296 g/mol. The molecule has 0 aromatic carbocycles. The van der Waals surface area contributed by atoms with Crippen LogP contribution >= 0.6 is 0 Å². The lowest BCUT2D eigenvalue weighted by atomic mass is 9.94. The lowest BCUT2D eigenvalue weighted by molar-refractivity contribution is -0.124. The van der Waals surface area contributed by atoms with Crippen molar-refractivity contribution in [2.45, 2.75) is 38.0 Å². The van der Waals surface area contributed by atoms with Gasteiger partial charge in [-0.2, -0.15) is 0 Å². The zero-order valence-corrected chi connectivity index (χ0v) is 12.9. The van der Waals surface area contributed by atoms with Gasteiger partial charge in [0.2, 0.25) is 5.91 Å². The summed E-state index contributed by atoms with van der Waals surface area (Å²) >= 11 is 0. The summed E-state index contributed by atoms with van der Waals surface area (Å²) in [5.74, 6) is 0.574. The van der Waals surface area contributed by atoms with E-state index in [1.54, 1.807) is 12.3 Å². The molecule has 1 atom stereocenters. The summed E-state index contributed by atoms with van der Waals surface area (Å²) in [5, 5.41) is 0. The van der Waals surface area contributed by atoms with E-state index < -0.39 is 5.91 Å². The number of nitrogens with one attached hydrogen (secondary N) is 2. The second-order valence-electron chi connectivity index (χ2n) is 6.75. The van der Waals surface area contributed by atoms with Gasteiger partial charge in [0, 0.05) is 31.2 Å². The maximum atomic E-state index is 12.2. The quantitative estimate of drug-likeness (QED) is 0.809. The number of carbonyl (C=O) groups is 2. The molecule has 2 saturated carbocycles. The summed E-state index contributed by atoms with van der Waals surface area (Å²) in [6.45, 7) is 1.45. The van der Waals surface area contributed by atoms with E-state index in [0.717, 1.165) is 45.3 Å². The minimum Gasteiger partial charge on any atom is -0.381 e. The Balaban J connectivity index is 1.31. The minimum atomic E-state index is -0.399. The number of hydrazine groups is 1. The standard InChI is InChI=1S/C16H20N4O3/c21-14(11-9-16(11)4-7-23-8-5-16)19-20-15(22)12-3-6-17-13(18-12)10-1-2-10/h3,6,10-11H,1-2,4-5,7-9H2,(H,19,21)(H,20,22). The van der Waals surface area contributed by atoms with Gasteiger partial charge in [0.05, 0.1) is 0 Å². The third-order valence-electron chi connectivity index (χ3n) is 5.14. The predicted octanol–water partition coefficient (Wildman–Crippen LogP) is 0.932. The van der Waals surface area contributed by atoms with Gasteiger partial charge >= 0.3 is 0 Å². The summed E-state index contributed by atoms with van der Waals surface area (Å²) in [6, 6.07) is 1.56. The Morgan fingerprint density at radius 1 is 1.22 bits per heavy atom. The van der Waals surface area contributed by atoms with Crippen molar-refractivity contribution in [1.29, 1.82) is 0 Å². The van der Waals surface area contributed by atoms with Crippen LogP contribution in [-0.2, 0) is 9.53 Å². The molecule has 7 nitrogen and oxygen atoms in total. The first-order valence-corrected chi connectivity index (χ1v) is 8.19. The Labute approximate surface area is 134 Å². The number of rotatable bonds is 3. The lowest BCUT2D eigenvalue weighted by Gasteiger charge is -2.22. The Morgan fingerprint density at radius 3 is 2.74 bits per heavy atom.